The van der Waals surface area contributed by atoms with Crippen LogP contribution in [0, 0.1) is 0 Å². The molecule has 4 aromatic rings. The summed E-state index contributed by atoms with van der Waals surface area (Å²) in [6.45, 7) is 0. The minimum Gasteiger partial charge on any atom is -0.210 e. The first-order chi connectivity index (χ1) is 15.8. The molecule has 0 heterocycles. The fraction of sp³-hybridized carbons (Fsp3) is 0.258. The molecule has 6 rings (SSSR count). The van der Waals surface area contributed by atoms with Gasteiger partial charge in [-0.1, -0.05) is 51.4 Å². The van der Waals surface area contributed by atoms with Crippen LogP contribution in [0.1, 0.15) is 59.1 Å². The van der Waals surface area contributed by atoms with Crippen LogP contribution in [0.15, 0.2) is 97.1 Å². The predicted molar refractivity (Wildman–Crippen MR) is 133 cm³/mol. The maximum atomic E-state index is 2.26. The zero-order valence-corrected chi connectivity index (χ0v) is 22.7. The Kier molecular flexibility index (Phi) is 12.9. The fourth-order valence-corrected chi connectivity index (χ4v) is 5.12. The Morgan fingerprint density at radius 3 is 1.29 bits per heavy atom. The predicted octanol–water partition coefficient (Wildman–Crippen LogP) is 1.38. The first kappa shape index (κ1) is 28.5. The Morgan fingerprint density at radius 1 is 0.529 bits per heavy atom. The van der Waals surface area contributed by atoms with E-state index < -0.39 is 0 Å². The van der Waals surface area contributed by atoms with Gasteiger partial charge in [-0.2, -0.15) is 46.5 Å². The molecule has 34 heavy (non-hydrogen) atoms. The summed E-state index contributed by atoms with van der Waals surface area (Å²) in [5.41, 5.74) is 8.97. The standard InChI is InChI=1S/C13H10.2C9H11.2ClH.Ti/c1-3-7-12(8-4-1)11-13-9-5-2-6-10-13;2*1-2-5-9-7-3-6-8(9)4-1;;;/h1-10H;2*3,6-7H,1-2,4-5H2;2*1H;/q;2*-1;;;+2/p-2. The Hall–Kier alpha value is -1.70. The van der Waals surface area contributed by atoms with E-state index in [9.17, 15) is 0 Å². The average Bonchev–Trinajstić information content (AvgIpc) is 3.55. The molecule has 0 N–H and O–H groups in total. The third kappa shape index (κ3) is 8.21. The van der Waals surface area contributed by atoms with Crippen molar-refractivity contribution in [3.05, 3.63) is 130 Å². The summed E-state index contributed by atoms with van der Waals surface area (Å²) in [5.74, 6) is 0. The first-order valence-corrected chi connectivity index (χ1v) is 12.8. The summed E-state index contributed by atoms with van der Waals surface area (Å²) < 4.78 is 1.33. The smallest absolute Gasteiger partial charge is 0.0512 e. The summed E-state index contributed by atoms with van der Waals surface area (Å²) in [5, 5.41) is 0. The van der Waals surface area contributed by atoms with Gasteiger partial charge in [0.2, 0.25) is 0 Å². The van der Waals surface area contributed by atoms with Gasteiger partial charge >= 0.3 is 95.6 Å². The molecule has 0 nitrogen and oxygen atoms in total. The van der Waals surface area contributed by atoms with E-state index in [2.05, 4.69) is 105 Å². The topological polar surface area (TPSA) is 0 Å². The molecule has 0 aliphatic heterocycles. The Bertz CT molecular complexity index is 964. The van der Waals surface area contributed by atoms with Crippen molar-refractivity contribution in [2.45, 2.75) is 51.4 Å². The third-order valence-corrected chi connectivity index (χ3v) is 7.33. The monoisotopic (exact) mass is 522 g/mol. The van der Waals surface area contributed by atoms with Gasteiger partial charge in [-0.3, -0.25) is 0 Å². The molecule has 0 radical (unpaired) electrons. The Labute approximate surface area is 229 Å². The van der Waals surface area contributed by atoms with Gasteiger partial charge in [0.15, 0.2) is 0 Å². The molecule has 0 spiro atoms. The van der Waals surface area contributed by atoms with Gasteiger partial charge in [-0.25, -0.2) is 12.1 Å². The summed E-state index contributed by atoms with van der Waals surface area (Å²) in [7, 11) is 0. The van der Waals surface area contributed by atoms with E-state index in [1.165, 1.54) is 66.3 Å². The van der Waals surface area contributed by atoms with Crippen molar-refractivity contribution < 1.29 is 44.8 Å². The van der Waals surface area contributed by atoms with Gasteiger partial charge in [0.25, 0.3) is 0 Å². The zero-order valence-electron chi connectivity index (χ0n) is 19.7. The van der Waals surface area contributed by atoms with Crippen molar-refractivity contribution in [1.29, 1.82) is 0 Å². The molecule has 2 aliphatic carbocycles. The molecule has 0 amide bonds. The van der Waals surface area contributed by atoms with Crippen molar-refractivity contribution in [2.75, 3.05) is 0 Å². The Morgan fingerprint density at radius 2 is 0.912 bits per heavy atom. The van der Waals surface area contributed by atoms with Crippen LogP contribution in [0.4, 0.5) is 0 Å². The number of halogens is 2. The van der Waals surface area contributed by atoms with E-state index in [0.29, 0.717) is 0 Å². The SMILES string of the molecule is [Cl-].[Cl-].[Ti+2]=[C](c1ccccc1)c1ccccc1.c1cc2c([cH-]1)CCCC2.c1cc2c([cH-]1)CCCC2. The Balaban J connectivity index is 0.000000181. The molecule has 0 atom stereocenters. The maximum absolute atomic E-state index is 2.26. The van der Waals surface area contributed by atoms with Crippen LogP contribution >= 0.6 is 0 Å². The average molecular weight is 523 g/mol. The van der Waals surface area contributed by atoms with Gasteiger partial charge < -0.3 is 24.8 Å². The molecular weight excluding hydrogens is 491 g/mol. The molecular formula is C31H32Cl2Ti-2. The minimum absolute atomic E-state index is 0. The van der Waals surface area contributed by atoms with Gasteiger partial charge in [0, 0.05) is 0 Å². The van der Waals surface area contributed by atoms with Crippen LogP contribution in [-0.2, 0) is 45.7 Å². The second kappa shape index (κ2) is 15.3. The van der Waals surface area contributed by atoms with E-state index >= 15 is 0 Å². The molecule has 0 unspecified atom stereocenters. The second-order valence-corrected chi connectivity index (χ2v) is 9.45. The van der Waals surface area contributed by atoms with Crippen molar-refractivity contribution in [2.24, 2.45) is 0 Å². The summed E-state index contributed by atoms with van der Waals surface area (Å²) in [4.78, 5) is 0. The zero-order chi connectivity index (χ0) is 22.0. The molecule has 0 saturated carbocycles. The molecule has 0 fully saturated rings. The van der Waals surface area contributed by atoms with E-state index in [0.717, 1.165) is 0 Å². The maximum Gasteiger partial charge on any atom is -0.0512 e. The first-order valence-electron chi connectivity index (χ1n) is 12.0. The van der Waals surface area contributed by atoms with E-state index in [4.69, 9.17) is 0 Å². The number of rotatable bonds is 2. The van der Waals surface area contributed by atoms with Crippen LogP contribution in [0.3, 0.4) is 0 Å². The number of hydrogen-bond donors (Lipinski definition) is 0. The molecule has 3 heteroatoms. The number of benzene rings is 2. The molecule has 0 aromatic heterocycles. The van der Waals surface area contributed by atoms with Gasteiger partial charge in [-0.15, -0.1) is 0 Å². The van der Waals surface area contributed by atoms with Crippen LogP contribution in [0.2, 0.25) is 0 Å². The summed E-state index contributed by atoms with van der Waals surface area (Å²) in [6.07, 6.45) is 10.9. The third-order valence-electron chi connectivity index (χ3n) is 6.42. The van der Waals surface area contributed by atoms with Crippen molar-refractivity contribution >= 4 is 3.81 Å². The van der Waals surface area contributed by atoms with Gasteiger partial charge in [0.05, 0.1) is 0 Å². The molecule has 4 aromatic carbocycles. The van der Waals surface area contributed by atoms with Crippen LogP contribution in [-0.4, -0.2) is 3.81 Å². The molecule has 2 aliphatic rings. The van der Waals surface area contributed by atoms with Gasteiger partial charge in [0.1, 0.15) is 0 Å². The molecule has 0 bridgehead atoms. The minimum atomic E-state index is 0. The van der Waals surface area contributed by atoms with Crippen LogP contribution in [0.5, 0.6) is 0 Å². The number of fused-ring (bicyclic) bond motifs is 2. The molecule has 176 valence electrons. The second-order valence-electron chi connectivity index (χ2n) is 8.67. The van der Waals surface area contributed by atoms with E-state index in [-0.39, 0.29) is 24.8 Å². The number of aryl methyl sites for hydroxylation is 4. The normalized spacial score (nSPS) is 13.2. The van der Waals surface area contributed by atoms with Crippen molar-refractivity contribution in [3.8, 4) is 0 Å². The quantitative estimate of drug-likeness (QED) is 0.275. The van der Waals surface area contributed by atoms with Gasteiger partial charge in [-0.05, 0) is 0 Å². The molecule has 0 saturated heterocycles. The summed E-state index contributed by atoms with van der Waals surface area (Å²) in [6, 6.07) is 34.3. The summed E-state index contributed by atoms with van der Waals surface area (Å²) >= 11 is 2.16. The van der Waals surface area contributed by atoms with Crippen molar-refractivity contribution in [3.63, 3.8) is 0 Å². The van der Waals surface area contributed by atoms with Crippen LogP contribution < -0.4 is 24.8 Å². The largest absolute Gasteiger partial charge is 0.210 e. The van der Waals surface area contributed by atoms with Crippen LogP contribution in [0.25, 0.3) is 0 Å². The fourth-order valence-electron chi connectivity index (χ4n) is 4.60. The number of hydrogen-bond acceptors (Lipinski definition) is 0. The van der Waals surface area contributed by atoms with E-state index in [1.807, 2.05) is 12.1 Å². The van der Waals surface area contributed by atoms with E-state index in [1.54, 1.807) is 22.3 Å². The van der Waals surface area contributed by atoms with Crippen molar-refractivity contribution in [1.82, 2.24) is 0 Å².